The lowest BCUT2D eigenvalue weighted by molar-refractivity contribution is 0.0957. The monoisotopic (exact) mass is 295 g/mol. The van der Waals surface area contributed by atoms with Crippen LogP contribution in [0.3, 0.4) is 0 Å². The van der Waals surface area contributed by atoms with E-state index in [4.69, 9.17) is 5.11 Å². The summed E-state index contributed by atoms with van der Waals surface area (Å²) < 4.78 is 0. The molecule has 1 aromatic rings. The van der Waals surface area contributed by atoms with E-state index in [-0.39, 0.29) is 12.5 Å². The maximum atomic E-state index is 12.1. The van der Waals surface area contributed by atoms with Crippen LogP contribution in [0.15, 0.2) is 6.07 Å². The first kappa shape index (κ1) is 15.5. The summed E-state index contributed by atoms with van der Waals surface area (Å²) in [5.74, 6) is 0.0748. The number of aryl methyl sites for hydroxylation is 2. The van der Waals surface area contributed by atoms with Gasteiger partial charge in [-0.25, -0.2) is 0 Å². The van der Waals surface area contributed by atoms with E-state index >= 15 is 0 Å². The fraction of sp³-hybridized carbons (Fsp3) is 0.688. The van der Waals surface area contributed by atoms with Gasteiger partial charge in [-0.2, -0.15) is 0 Å². The maximum absolute atomic E-state index is 12.1. The number of hydrogen-bond donors (Lipinski definition) is 2. The zero-order chi connectivity index (χ0) is 14.2. The number of carbonyl (C=O) groups is 1. The largest absolute Gasteiger partial charge is 0.396 e. The molecule has 1 amide bonds. The van der Waals surface area contributed by atoms with Crippen LogP contribution in [0.2, 0.25) is 0 Å². The van der Waals surface area contributed by atoms with E-state index in [0.717, 1.165) is 37.0 Å². The second kappa shape index (κ2) is 8.42. The molecular weight excluding hydrogens is 270 g/mol. The number of aliphatic hydroxyl groups excluding tert-OH is 1. The van der Waals surface area contributed by atoms with E-state index < -0.39 is 0 Å². The molecule has 20 heavy (non-hydrogen) atoms. The van der Waals surface area contributed by atoms with Crippen molar-refractivity contribution in [2.75, 3.05) is 13.2 Å². The number of amides is 1. The van der Waals surface area contributed by atoms with Crippen LogP contribution in [0.1, 0.15) is 65.1 Å². The molecule has 2 N–H and O–H groups in total. The fourth-order valence-corrected chi connectivity index (χ4v) is 3.83. The van der Waals surface area contributed by atoms with Gasteiger partial charge in [0, 0.05) is 18.0 Å². The van der Waals surface area contributed by atoms with Crippen molar-refractivity contribution in [2.24, 2.45) is 0 Å². The standard InChI is InChI=1S/C16H25NO2S/c18-11-7-3-6-10-17-16(19)15-12-13-8-4-1-2-5-9-14(13)20-15/h12,18H,1-11H2,(H,17,19). The molecule has 1 aromatic heterocycles. The number of rotatable bonds is 6. The fourth-order valence-electron chi connectivity index (χ4n) is 2.66. The minimum atomic E-state index is 0.0748. The Morgan fingerprint density at radius 3 is 2.75 bits per heavy atom. The Morgan fingerprint density at radius 1 is 1.15 bits per heavy atom. The predicted octanol–water partition coefficient (Wildman–Crippen LogP) is 3.30. The van der Waals surface area contributed by atoms with Crippen LogP contribution in [0.5, 0.6) is 0 Å². The van der Waals surface area contributed by atoms with Gasteiger partial charge in [-0.15, -0.1) is 11.3 Å². The summed E-state index contributed by atoms with van der Waals surface area (Å²) in [5.41, 5.74) is 1.40. The highest BCUT2D eigenvalue weighted by Gasteiger charge is 2.15. The first-order chi connectivity index (χ1) is 9.81. The third-order valence-electron chi connectivity index (χ3n) is 3.84. The van der Waals surface area contributed by atoms with Crippen molar-refractivity contribution < 1.29 is 9.90 Å². The van der Waals surface area contributed by atoms with Gasteiger partial charge in [0.15, 0.2) is 0 Å². The van der Waals surface area contributed by atoms with Crippen LogP contribution in [0.25, 0.3) is 0 Å². The van der Waals surface area contributed by atoms with Crippen molar-refractivity contribution in [3.8, 4) is 0 Å². The lowest BCUT2D eigenvalue weighted by Crippen LogP contribution is -2.23. The summed E-state index contributed by atoms with van der Waals surface area (Å²) in [6, 6.07) is 2.11. The molecule has 3 nitrogen and oxygen atoms in total. The first-order valence-corrected chi connectivity index (χ1v) is 8.63. The van der Waals surface area contributed by atoms with E-state index in [0.29, 0.717) is 6.54 Å². The second-order valence-electron chi connectivity index (χ2n) is 5.51. The highest BCUT2D eigenvalue weighted by Crippen LogP contribution is 2.28. The van der Waals surface area contributed by atoms with E-state index in [1.165, 1.54) is 36.1 Å². The average molecular weight is 295 g/mol. The van der Waals surface area contributed by atoms with Crippen molar-refractivity contribution in [2.45, 2.75) is 57.8 Å². The third kappa shape index (κ3) is 4.60. The maximum Gasteiger partial charge on any atom is 0.261 e. The molecule has 0 saturated heterocycles. The molecule has 0 aromatic carbocycles. The Kier molecular flexibility index (Phi) is 6.54. The number of carbonyl (C=O) groups excluding carboxylic acids is 1. The minimum absolute atomic E-state index is 0.0748. The van der Waals surface area contributed by atoms with Crippen LogP contribution in [-0.4, -0.2) is 24.2 Å². The minimum Gasteiger partial charge on any atom is -0.396 e. The van der Waals surface area contributed by atoms with E-state index in [1.807, 2.05) is 0 Å². The summed E-state index contributed by atoms with van der Waals surface area (Å²) in [6.45, 7) is 0.951. The van der Waals surface area contributed by atoms with Gasteiger partial charge in [0.1, 0.15) is 0 Å². The SMILES string of the molecule is O=C(NCCCCCO)c1cc2c(s1)CCCCCC2. The van der Waals surface area contributed by atoms with Crippen molar-refractivity contribution >= 4 is 17.2 Å². The molecule has 1 aliphatic rings. The molecule has 4 heteroatoms. The quantitative estimate of drug-likeness (QED) is 0.791. The van der Waals surface area contributed by atoms with Crippen LogP contribution in [-0.2, 0) is 12.8 Å². The number of nitrogens with one attached hydrogen (secondary N) is 1. The average Bonchev–Trinajstić information content (AvgIpc) is 2.81. The molecule has 0 radical (unpaired) electrons. The normalized spacial score (nSPS) is 15.2. The highest BCUT2D eigenvalue weighted by molar-refractivity contribution is 7.14. The summed E-state index contributed by atoms with van der Waals surface area (Å²) in [7, 11) is 0. The van der Waals surface area contributed by atoms with Crippen molar-refractivity contribution in [1.29, 1.82) is 0 Å². The molecule has 1 aliphatic carbocycles. The highest BCUT2D eigenvalue weighted by atomic mass is 32.1. The van der Waals surface area contributed by atoms with Gasteiger partial charge < -0.3 is 10.4 Å². The number of thiophene rings is 1. The van der Waals surface area contributed by atoms with Gasteiger partial charge in [0.25, 0.3) is 5.91 Å². The Balaban J connectivity index is 1.85. The van der Waals surface area contributed by atoms with Crippen LogP contribution in [0, 0.1) is 0 Å². The number of hydrogen-bond acceptors (Lipinski definition) is 3. The molecule has 0 aliphatic heterocycles. The molecule has 0 unspecified atom stereocenters. The van der Waals surface area contributed by atoms with Gasteiger partial charge in [-0.05, 0) is 56.6 Å². The molecule has 2 rings (SSSR count). The Morgan fingerprint density at radius 2 is 1.95 bits per heavy atom. The molecule has 0 saturated carbocycles. The van der Waals surface area contributed by atoms with Crippen molar-refractivity contribution in [3.05, 3.63) is 21.4 Å². The molecule has 112 valence electrons. The topological polar surface area (TPSA) is 49.3 Å². The molecule has 0 fully saturated rings. The summed E-state index contributed by atoms with van der Waals surface area (Å²) >= 11 is 1.68. The van der Waals surface area contributed by atoms with E-state index in [9.17, 15) is 4.79 Å². The molecule has 0 atom stereocenters. The van der Waals surface area contributed by atoms with Gasteiger partial charge in [0.2, 0.25) is 0 Å². The van der Waals surface area contributed by atoms with Crippen molar-refractivity contribution in [3.63, 3.8) is 0 Å². The second-order valence-corrected chi connectivity index (χ2v) is 6.65. The molecule has 1 heterocycles. The summed E-state index contributed by atoms with van der Waals surface area (Å²) in [6.07, 6.45) is 10.2. The first-order valence-electron chi connectivity index (χ1n) is 7.82. The predicted molar refractivity (Wildman–Crippen MR) is 83.5 cm³/mol. The lowest BCUT2D eigenvalue weighted by atomic mass is 10.00. The zero-order valence-corrected chi connectivity index (χ0v) is 12.9. The van der Waals surface area contributed by atoms with Gasteiger partial charge in [0.05, 0.1) is 4.88 Å². The van der Waals surface area contributed by atoms with Crippen LogP contribution < -0.4 is 5.32 Å². The van der Waals surface area contributed by atoms with Crippen LogP contribution in [0.4, 0.5) is 0 Å². The number of aliphatic hydroxyl groups is 1. The van der Waals surface area contributed by atoms with Gasteiger partial charge in [-0.1, -0.05) is 12.8 Å². The Hall–Kier alpha value is -0.870. The summed E-state index contributed by atoms with van der Waals surface area (Å²) in [4.78, 5) is 14.4. The van der Waals surface area contributed by atoms with Crippen LogP contribution >= 0.6 is 11.3 Å². The smallest absolute Gasteiger partial charge is 0.261 e. The third-order valence-corrected chi connectivity index (χ3v) is 5.08. The Labute approximate surface area is 125 Å². The molecule has 0 spiro atoms. The Bertz CT molecular complexity index is 403. The van der Waals surface area contributed by atoms with E-state index in [2.05, 4.69) is 11.4 Å². The lowest BCUT2D eigenvalue weighted by Gasteiger charge is -2.07. The van der Waals surface area contributed by atoms with Gasteiger partial charge in [-0.3, -0.25) is 4.79 Å². The summed E-state index contributed by atoms with van der Waals surface area (Å²) in [5, 5.41) is 11.7. The molecule has 0 bridgehead atoms. The number of unbranched alkanes of at least 4 members (excludes halogenated alkanes) is 2. The van der Waals surface area contributed by atoms with Gasteiger partial charge >= 0.3 is 0 Å². The van der Waals surface area contributed by atoms with Crippen molar-refractivity contribution in [1.82, 2.24) is 5.32 Å². The van der Waals surface area contributed by atoms with E-state index in [1.54, 1.807) is 11.3 Å². The zero-order valence-electron chi connectivity index (χ0n) is 12.1. The molecular formula is C16H25NO2S. The number of fused-ring (bicyclic) bond motifs is 1.